The maximum absolute atomic E-state index is 14.3. The molecule has 3 amide bonds. The van der Waals surface area contributed by atoms with Crippen molar-refractivity contribution in [1.29, 1.82) is 0 Å². The van der Waals surface area contributed by atoms with Gasteiger partial charge in [-0.3, -0.25) is 14.7 Å². The van der Waals surface area contributed by atoms with E-state index in [1.807, 2.05) is 44.2 Å². The third-order valence-corrected chi connectivity index (χ3v) is 8.03. The Hall–Kier alpha value is -3.99. The van der Waals surface area contributed by atoms with Gasteiger partial charge in [0.05, 0.1) is 30.4 Å². The summed E-state index contributed by atoms with van der Waals surface area (Å²) in [6.07, 6.45) is 5.94. The van der Waals surface area contributed by atoms with E-state index in [0.717, 1.165) is 25.8 Å². The van der Waals surface area contributed by atoms with Crippen LogP contribution in [0.4, 0.5) is 16.2 Å². The molecule has 1 aromatic heterocycles. The first-order chi connectivity index (χ1) is 21.7. The number of aromatic nitrogens is 1. The minimum atomic E-state index is -0.452. The van der Waals surface area contributed by atoms with E-state index in [1.165, 1.54) is 5.56 Å². The number of rotatable bonds is 8. The van der Waals surface area contributed by atoms with E-state index >= 15 is 0 Å². The van der Waals surface area contributed by atoms with Crippen molar-refractivity contribution in [2.75, 3.05) is 44.0 Å². The van der Waals surface area contributed by atoms with Crippen molar-refractivity contribution in [3.05, 3.63) is 84.2 Å². The Kier molecular flexibility index (Phi) is 12.7. The highest BCUT2D eigenvalue weighted by molar-refractivity contribution is 6.02. The highest BCUT2D eigenvalue weighted by Crippen LogP contribution is 2.28. The molecule has 4 atom stereocenters. The average molecular weight is 618 g/mol. The fourth-order valence-corrected chi connectivity index (χ4v) is 5.45. The van der Waals surface area contributed by atoms with E-state index in [9.17, 15) is 14.7 Å². The number of fused-ring (bicyclic) bond motifs is 1. The van der Waals surface area contributed by atoms with Gasteiger partial charge in [-0.25, -0.2) is 4.79 Å². The van der Waals surface area contributed by atoms with Crippen molar-refractivity contribution >= 4 is 23.3 Å². The molecule has 0 saturated heterocycles. The Bertz CT molecular complexity index is 1360. The van der Waals surface area contributed by atoms with Crippen molar-refractivity contribution in [1.82, 2.24) is 14.8 Å². The molecule has 0 fully saturated rings. The number of hydrogen-bond donors (Lipinski definition) is 3. The molecule has 10 nitrogen and oxygen atoms in total. The third-order valence-electron chi connectivity index (χ3n) is 8.03. The molecule has 3 aromatic rings. The van der Waals surface area contributed by atoms with Crippen molar-refractivity contribution in [2.45, 2.75) is 64.8 Å². The maximum Gasteiger partial charge on any atom is 0.323 e. The van der Waals surface area contributed by atoms with E-state index in [2.05, 4.69) is 34.5 Å². The SMILES string of the molecule is C[C@H]1CCCCO[C@@H](CN(C)Cc2ccncc2)[C@@H](C)CN([C@@H](C)CO)C(=O)c2cc(NC(=O)Nc3ccccc3)ccc2O1. The second-order valence-electron chi connectivity index (χ2n) is 12.0. The zero-order valence-corrected chi connectivity index (χ0v) is 26.8. The van der Waals surface area contributed by atoms with Gasteiger partial charge in [0.2, 0.25) is 0 Å². The van der Waals surface area contributed by atoms with Crippen LogP contribution in [-0.2, 0) is 11.3 Å². The van der Waals surface area contributed by atoms with Gasteiger partial charge in [-0.15, -0.1) is 0 Å². The summed E-state index contributed by atoms with van der Waals surface area (Å²) in [6.45, 7) is 8.13. The van der Waals surface area contributed by atoms with Gasteiger partial charge in [-0.05, 0) is 88.2 Å². The number of hydrogen-bond acceptors (Lipinski definition) is 7. The number of para-hydroxylation sites is 1. The molecule has 0 bridgehead atoms. The predicted octanol–water partition coefficient (Wildman–Crippen LogP) is 5.65. The van der Waals surface area contributed by atoms with Crippen molar-refractivity contribution in [2.24, 2.45) is 5.92 Å². The molecular weight excluding hydrogens is 570 g/mol. The number of carbonyl (C=O) groups excluding carboxylic acids is 2. The van der Waals surface area contributed by atoms with E-state index in [-0.39, 0.29) is 30.6 Å². The highest BCUT2D eigenvalue weighted by atomic mass is 16.5. The van der Waals surface area contributed by atoms with Gasteiger partial charge in [0.1, 0.15) is 5.75 Å². The molecule has 0 spiro atoms. The lowest BCUT2D eigenvalue weighted by Gasteiger charge is -2.36. The number of aliphatic hydroxyl groups is 1. The van der Waals surface area contributed by atoms with E-state index in [0.29, 0.717) is 42.4 Å². The Balaban J connectivity index is 1.59. The van der Waals surface area contributed by atoms with E-state index in [4.69, 9.17) is 9.47 Å². The maximum atomic E-state index is 14.3. The van der Waals surface area contributed by atoms with Gasteiger partial charge in [-0.2, -0.15) is 0 Å². The number of nitrogens with one attached hydrogen (secondary N) is 2. The summed E-state index contributed by atoms with van der Waals surface area (Å²) in [6, 6.07) is 17.4. The van der Waals surface area contributed by atoms with Crippen molar-refractivity contribution in [3.8, 4) is 5.75 Å². The highest BCUT2D eigenvalue weighted by Gasteiger charge is 2.30. The summed E-state index contributed by atoms with van der Waals surface area (Å²) < 4.78 is 12.8. The van der Waals surface area contributed by atoms with Gasteiger partial charge in [0, 0.05) is 55.9 Å². The summed E-state index contributed by atoms with van der Waals surface area (Å²) in [7, 11) is 2.07. The second kappa shape index (κ2) is 16.9. The Labute approximate surface area is 266 Å². The molecule has 0 unspecified atom stereocenters. The monoisotopic (exact) mass is 617 g/mol. The summed E-state index contributed by atoms with van der Waals surface area (Å²) >= 11 is 0. The van der Waals surface area contributed by atoms with Crippen molar-refractivity contribution < 1.29 is 24.2 Å². The lowest BCUT2D eigenvalue weighted by Crippen LogP contribution is -2.47. The zero-order valence-electron chi connectivity index (χ0n) is 26.8. The zero-order chi connectivity index (χ0) is 32.2. The molecule has 0 radical (unpaired) electrons. The summed E-state index contributed by atoms with van der Waals surface area (Å²) in [4.78, 5) is 35.1. The first-order valence-electron chi connectivity index (χ1n) is 15.8. The Morgan fingerprint density at radius 3 is 2.53 bits per heavy atom. The number of amides is 3. The first-order valence-corrected chi connectivity index (χ1v) is 15.8. The van der Waals surface area contributed by atoms with Gasteiger partial charge in [0.15, 0.2) is 0 Å². The number of nitrogens with zero attached hydrogens (tertiary/aromatic N) is 3. The van der Waals surface area contributed by atoms with Crippen LogP contribution in [0.15, 0.2) is 73.1 Å². The second-order valence-corrected chi connectivity index (χ2v) is 12.0. The van der Waals surface area contributed by atoms with Crippen LogP contribution in [0.2, 0.25) is 0 Å². The molecule has 242 valence electrons. The lowest BCUT2D eigenvalue weighted by molar-refractivity contribution is -0.0177. The molecule has 1 aliphatic rings. The van der Waals surface area contributed by atoms with Crippen LogP contribution in [0.5, 0.6) is 5.75 Å². The van der Waals surface area contributed by atoms with Crippen LogP contribution in [0.1, 0.15) is 56.0 Å². The topological polar surface area (TPSA) is 116 Å². The Morgan fingerprint density at radius 2 is 1.80 bits per heavy atom. The minimum absolute atomic E-state index is 0.0352. The van der Waals surface area contributed by atoms with Crippen molar-refractivity contribution in [3.63, 3.8) is 0 Å². The van der Waals surface area contributed by atoms with E-state index in [1.54, 1.807) is 47.6 Å². The van der Waals surface area contributed by atoms with Gasteiger partial charge in [-0.1, -0.05) is 25.1 Å². The number of likely N-dealkylation sites (N-methyl/N-ethyl adjacent to an activating group) is 1. The van der Waals surface area contributed by atoms with Crippen LogP contribution in [-0.4, -0.2) is 83.4 Å². The normalized spacial score (nSPS) is 20.4. The number of urea groups is 1. The summed E-state index contributed by atoms with van der Waals surface area (Å²) in [5, 5.41) is 15.8. The van der Waals surface area contributed by atoms with Crippen LogP contribution >= 0.6 is 0 Å². The smallest absolute Gasteiger partial charge is 0.323 e. The molecular formula is C35H47N5O5. The molecule has 0 aliphatic carbocycles. The quantitative estimate of drug-likeness (QED) is 0.299. The number of anilines is 2. The number of aliphatic hydroxyl groups excluding tert-OH is 1. The first kappa shape index (κ1) is 33.9. The number of ether oxygens (including phenoxy) is 2. The largest absolute Gasteiger partial charge is 0.490 e. The Morgan fingerprint density at radius 1 is 1.07 bits per heavy atom. The molecule has 2 aromatic carbocycles. The third kappa shape index (κ3) is 10.3. The molecule has 0 saturated carbocycles. The molecule has 2 heterocycles. The molecule has 3 N–H and O–H groups in total. The molecule has 1 aliphatic heterocycles. The van der Waals surface area contributed by atoms with E-state index < -0.39 is 12.1 Å². The van der Waals surface area contributed by atoms with Crippen LogP contribution in [0, 0.1) is 5.92 Å². The fourth-order valence-electron chi connectivity index (χ4n) is 5.45. The minimum Gasteiger partial charge on any atom is -0.490 e. The average Bonchev–Trinajstić information content (AvgIpc) is 3.03. The van der Waals surface area contributed by atoms with Crippen LogP contribution in [0.3, 0.4) is 0 Å². The number of pyridine rings is 1. The molecule has 10 heteroatoms. The number of carbonyl (C=O) groups is 2. The van der Waals surface area contributed by atoms with Gasteiger partial charge in [0.25, 0.3) is 5.91 Å². The van der Waals surface area contributed by atoms with Crippen LogP contribution < -0.4 is 15.4 Å². The van der Waals surface area contributed by atoms with Crippen LogP contribution in [0.25, 0.3) is 0 Å². The summed E-state index contributed by atoms with van der Waals surface area (Å²) in [5.74, 6) is 0.136. The number of benzene rings is 2. The summed E-state index contributed by atoms with van der Waals surface area (Å²) in [5.41, 5.74) is 2.61. The van der Waals surface area contributed by atoms with Gasteiger partial charge >= 0.3 is 6.03 Å². The standard InChI is InChI=1S/C35H47N5O5/c1-25-21-40(26(2)24-41)34(42)31-20-30(38-35(43)37-29-11-6-5-7-12-29)13-14-32(31)45-27(3)10-8-9-19-44-33(25)23-39(4)22-28-15-17-36-18-16-28/h5-7,11-18,20,25-27,33,41H,8-10,19,21-24H2,1-4H3,(H2,37,38,43)/t25-,26-,27-,33-/m0/s1. The fraction of sp³-hybridized carbons (Fsp3) is 0.457. The molecule has 4 rings (SSSR count). The molecule has 45 heavy (non-hydrogen) atoms. The predicted molar refractivity (Wildman–Crippen MR) is 177 cm³/mol. The lowest BCUT2D eigenvalue weighted by atomic mass is 10.0. The van der Waals surface area contributed by atoms with Gasteiger partial charge < -0.3 is 30.1 Å².